The number of carboxylic acids is 1. The van der Waals surface area contributed by atoms with Crippen LogP contribution in [0.1, 0.15) is 24.0 Å². The molecule has 1 aromatic heterocycles. The summed E-state index contributed by atoms with van der Waals surface area (Å²) >= 11 is 0. The quantitative estimate of drug-likeness (QED) is 0.920. The van der Waals surface area contributed by atoms with Gasteiger partial charge in [0.1, 0.15) is 5.82 Å². The number of carbonyl (C=O) groups is 1. The zero-order chi connectivity index (χ0) is 15.0. The lowest BCUT2D eigenvalue weighted by atomic mass is 9.97. The number of aromatic nitrogens is 1. The van der Waals surface area contributed by atoms with Crippen molar-refractivity contribution in [3.63, 3.8) is 0 Å². The Bertz CT molecular complexity index is 688. The van der Waals surface area contributed by atoms with Crippen molar-refractivity contribution in [1.29, 1.82) is 0 Å². The molecule has 3 rings (SSSR count). The van der Waals surface area contributed by atoms with E-state index in [2.05, 4.69) is 43.0 Å². The Hall–Kier alpha value is -2.10. The first kappa shape index (κ1) is 13.9. The number of rotatable bonds is 2. The minimum Gasteiger partial charge on any atom is -0.481 e. The lowest BCUT2D eigenvalue weighted by Gasteiger charge is -2.31. The number of aryl methyl sites for hydroxylation is 2. The minimum absolute atomic E-state index is 0.204. The largest absolute Gasteiger partial charge is 0.481 e. The normalized spacial score (nSPS) is 16.4. The molecule has 1 fully saturated rings. The highest BCUT2D eigenvalue weighted by atomic mass is 16.4. The summed E-state index contributed by atoms with van der Waals surface area (Å²) in [5, 5.41) is 10.3. The average molecular weight is 284 g/mol. The van der Waals surface area contributed by atoms with Gasteiger partial charge in [0.15, 0.2) is 0 Å². The fourth-order valence-electron chi connectivity index (χ4n) is 3.01. The molecule has 1 aliphatic rings. The number of fused-ring (bicyclic) bond motifs is 1. The molecular formula is C17H20N2O2. The van der Waals surface area contributed by atoms with Crippen LogP contribution < -0.4 is 4.90 Å². The van der Waals surface area contributed by atoms with Gasteiger partial charge in [-0.2, -0.15) is 0 Å². The van der Waals surface area contributed by atoms with Crippen LogP contribution in [0.5, 0.6) is 0 Å². The first-order chi connectivity index (χ1) is 10.0. The molecule has 0 saturated carbocycles. The van der Waals surface area contributed by atoms with E-state index in [4.69, 9.17) is 10.1 Å². The van der Waals surface area contributed by atoms with Crippen LogP contribution in [0.3, 0.4) is 0 Å². The molecule has 1 aliphatic heterocycles. The van der Waals surface area contributed by atoms with Gasteiger partial charge >= 0.3 is 5.97 Å². The lowest BCUT2D eigenvalue weighted by Crippen LogP contribution is -2.36. The number of carboxylic acid groups (broad SMARTS) is 1. The molecule has 1 N–H and O–H groups in total. The summed E-state index contributed by atoms with van der Waals surface area (Å²) in [4.78, 5) is 18.0. The molecule has 0 bridgehead atoms. The van der Waals surface area contributed by atoms with E-state index < -0.39 is 5.97 Å². The number of piperidine rings is 1. The van der Waals surface area contributed by atoms with E-state index >= 15 is 0 Å². The molecule has 2 aromatic rings. The third-order valence-electron chi connectivity index (χ3n) is 4.33. The van der Waals surface area contributed by atoms with Gasteiger partial charge in [-0.3, -0.25) is 4.79 Å². The molecule has 0 radical (unpaired) electrons. The molecule has 0 aliphatic carbocycles. The molecular weight excluding hydrogens is 264 g/mol. The van der Waals surface area contributed by atoms with E-state index in [-0.39, 0.29) is 5.92 Å². The first-order valence-electron chi connectivity index (χ1n) is 7.40. The second-order valence-electron chi connectivity index (χ2n) is 5.92. The van der Waals surface area contributed by atoms with E-state index in [0.717, 1.165) is 24.4 Å². The topological polar surface area (TPSA) is 53.4 Å². The van der Waals surface area contributed by atoms with Crippen molar-refractivity contribution < 1.29 is 9.90 Å². The fraction of sp³-hybridized carbons (Fsp3) is 0.412. The van der Waals surface area contributed by atoms with Crippen molar-refractivity contribution in [2.45, 2.75) is 26.7 Å². The molecule has 0 unspecified atom stereocenters. The number of aliphatic carboxylic acids is 1. The number of benzene rings is 1. The standard InChI is InChI=1S/C17H20N2O2/c1-11-3-4-14-12(2)10-16(18-15(14)9-11)19-7-5-13(6-8-19)17(20)21/h3-4,9-10,13H,5-8H2,1-2H3,(H,20,21). The molecule has 2 heterocycles. The van der Waals surface area contributed by atoms with Crippen molar-refractivity contribution in [2.75, 3.05) is 18.0 Å². The van der Waals surface area contributed by atoms with E-state index in [0.29, 0.717) is 12.8 Å². The Morgan fingerprint density at radius 1 is 1.24 bits per heavy atom. The van der Waals surface area contributed by atoms with E-state index in [1.54, 1.807) is 0 Å². The van der Waals surface area contributed by atoms with Gasteiger partial charge in [0, 0.05) is 18.5 Å². The monoisotopic (exact) mass is 284 g/mol. The Morgan fingerprint density at radius 2 is 1.95 bits per heavy atom. The van der Waals surface area contributed by atoms with Crippen molar-refractivity contribution in [2.24, 2.45) is 5.92 Å². The van der Waals surface area contributed by atoms with Crippen molar-refractivity contribution in [3.05, 3.63) is 35.4 Å². The summed E-state index contributed by atoms with van der Waals surface area (Å²) < 4.78 is 0. The number of hydrogen-bond acceptors (Lipinski definition) is 3. The van der Waals surface area contributed by atoms with Gasteiger partial charge in [0.25, 0.3) is 0 Å². The van der Waals surface area contributed by atoms with Gasteiger partial charge in [-0.05, 0) is 49.9 Å². The zero-order valence-corrected chi connectivity index (χ0v) is 12.5. The molecule has 4 nitrogen and oxygen atoms in total. The summed E-state index contributed by atoms with van der Waals surface area (Å²) in [6, 6.07) is 8.44. The lowest BCUT2D eigenvalue weighted by molar-refractivity contribution is -0.142. The van der Waals surface area contributed by atoms with Gasteiger partial charge in [-0.25, -0.2) is 4.98 Å². The van der Waals surface area contributed by atoms with Crippen LogP contribution in [0.4, 0.5) is 5.82 Å². The summed E-state index contributed by atoms with van der Waals surface area (Å²) in [5.41, 5.74) is 3.44. The SMILES string of the molecule is Cc1ccc2c(C)cc(N3CCC(C(=O)O)CC3)nc2c1. The van der Waals surface area contributed by atoms with Crippen LogP contribution in [-0.2, 0) is 4.79 Å². The highest BCUT2D eigenvalue weighted by Crippen LogP contribution is 2.26. The number of anilines is 1. The van der Waals surface area contributed by atoms with E-state index in [9.17, 15) is 4.79 Å². The maximum absolute atomic E-state index is 11.0. The van der Waals surface area contributed by atoms with Crippen LogP contribution in [0, 0.1) is 19.8 Å². The number of hydrogen-bond donors (Lipinski definition) is 1. The summed E-state index contributed by atoms with van der Waals surface area (Å²) in [5.74, 6) is 0.0902. The smallest absolute Gasteiger partial charge is 0.306 e. The molecule has 21 heavy (non-hydrogen) atoms. The number of nitrogens with zero attached hydrogens (tertiary/aromatic N) is 2. The third kappa shape index (κ3) is 2.71. The van der Waals surface area contributed by atoms with Gasteiger partial charge in [-0.1, -0.05) is 12.1 Å². The van der Waals surface area contributed by atoms with Crippen LogP contribution in [0.15, 0.2) is 24.3 Å². The maximum Gasteiger partial charge on any atom is 0.306 e. The average Bonchev–Trinajstić information content (AvgIpc) is 2.46. The Labute approximate surface area is 124 Å². The predicted octanol–water partition coefficient (Wildman–Crippen LogP) is 3.15. The fourth-order valence-corrected chi connectivity index (χ4v) is 3.01. The molecule has 0 atom stereocenters. The number of pyridine rings is 1. The second-order valence-corrected chi connectivity index (χ2v) is 5.92. The molecule has 0 amide bonds. The summed E-state index contributed by atoms with van der Waals surface area (Å²) in [6.45, 7) is 5.70. The van der Waals surface area contributed by atoms with Crippen LogP contribution >= 0.6 is 0 Å². The molecule has 1 aromatic carbocycles. The van der Waals surface area contributed by atoms with Crippen LogP contribution in [0.25, 0.3) is 10.9 Å². The maximum atomic E-state index is 11.0. The third-order valence-corrected chi connectivity index (χ3v) is 4.33. The summed E-state index contributed by atoms with van der Waals surface area (Å²) in [6.07, 6.45) is 1.39. The van der Waals surface area contributed by atoms with Crippen molar-refractivity contribution >= 4 is 22.7 Å². The van der Waals surface area contributed by atoms with Gasteiger partial charge in [-0.15, -0.1) is 0 Å². The van der Waals surface area contributed by atoms with Gasteiger partial charge in [0.2, 0.25) is 0 Å². The van der Waals surface area contributed by atoms with Gasteiger partial charge in [0.05, 0.1) is 11.4 Å². The van der Waals surface area contributed by atoms with E-state index in [1.807, 2.05) is 0 Å². The highest BCUT2D eigenvalue weighted by Gasteiger charge is 2.25. The Balaban J connectivity index is 1.89. The Kier molecular flexibility index (Phi) is 3.53. The first-order valence-corrected chi connectivity index (χ1v) is 7.40. The van der Waals surface area contributed by atoms with Crippen LogP contribution in [-0.4, -0.2) is 29.1 Å². The van der Waals surface area contributed by atoms with Crippen LogP contribution in [0.2, 0.25) is 0 Å². The minimum atomic E-state index is -0.673. The Morgan fingerprint density at radius 3 is 2.62 bits per heavy atom. The molecule has 0 spiro atoms. The van der Waals surface area contributed by atoms with Crippen molar-refractivity contribution in [3.8, 4) is 0 Å². The zero-order valence-electron chi connectivity index (χ0n) is 12.5. The van der Waals surface area contributed by atoms with Gasteiger partial charge < -0.3 is 10.0 Å². The summed E-state index contributed by atoms with van der Waals surface area (Å²) in [7, 11) is 0. The molecule has 110 valence electrons. The second kappa shape index (κ2) is 5.35. The molecule has 4 heteroatoms. The van der Waals surface area contributed by atoms with E-state index in [1.165, 1.54) is 16.5 Å². The molecule has 1 saturated heterocycles. The highest BCUT2D eigenvalue weighted by molar-refractivity contribution is 5.84. The predicted molar refractivity (Wildman–Crippen MR) is 83.8 cm³/mol. The van der Waals surface area contributed by atoms with Crippen molar-refractivity contribution in [1.82, 2.24) is 4.98 Å².